The van der Waals surface area contributed by atoms with Crippen LogP contribution in [0.2, 0.25) is 0 Å². The molecule has 5 rings (SSSR count). The molecule has 1 amide bonds. The van der Waals surface area contributed by atoms with E-state index in [-0.39, 0.29) is 114 Å². The fourth-order valence-corrected chi connectivity index (χ4v) is 12.7. The fraction of sp³-hybridized carbons (Fsp3) is 0.884. The molecule has 336 valence electrons. The molecule has 16 nitrogen and oxygen atoms in total. The smallest absolute Gasteiger partial charge is 0.549 e. The largest absolute Gasteiger partial charge is 3.00 e. The second-order valence-corrected chi connectivity index (χ2v) is 19.3. The van der Waals surface area contributed by atoms with Crippen LogP contribution < -0.4 is 20.6 Å². The quantitative estimate of drug-likeness (QED) is 0.0953. The molecule has 4 N–H and O–H groups in total. The second-order valence-electron chi connectivity index (χ2n) is 19.3. The Bertz CT molecular complexity index is 1450. The predicted octanol–water partition coefficient (Wildman–Crippen LogP) is -2.17. The van der Waals surface area contributed by atoms with Gasteiger partial charge in [-0.3, -0.25) is 29.2 Å². The van der Waals surface area contributed by atoms with Crippen molar-refractivity contribution in [1.29, 1.82) is 0 Å². The third kappa shape index (κ3) is 12.7. The molecule has 0 aromatic heterocycles. The van der Waals surface area contributed by atoms with Gasteiger partial charge in [0.1, 0.15) is 6.04 Å². The van der Waals surface area contributed by atoms with Crippen molar-refractivity contribution >= 4 is 49.6 Å². The fourth-order valence-electron chi connectivity index (χ4n) is 12.7. The summed E-state index contributed by atoms with van der Waals surface area (Å²) in [5.41, 5.74) is 0.293. The van der Waals surface area contributed by atoms with E-state index in [0.717, 1.165) is 57.8 Å². The van der Waals surface area contributed by atoms with Gasteiger partial charge in [0.05, 0.1) is 30.1 Å². The van der Waals surface area contributed by atoms with Crippen LogP contribution in [0.4, 0.5) is 0 Å². The number of fused-ring (bicyclic) bond motifs is 5. The van der Waals surface area contributed by atoms with E-state index in [1.165, 1.54) is 0 Å². The SMILES string of the molecule is C[C@H](CCC(=O)NCCCC(C(=O)O)N1CCN(CC(=O)[O-])CCN(CC(=O)[O-])CCN(CC(=O)[O-])CC1)[C@H]1CCC2[C@H]3C(O)C[C@H]4CC(O)CC[C@@]4(C)[C@@H]3CC[C@]21C.[Ga+3]. The third-order valence-corrected chi connectivity index (χ3v) is 15.9. The molecule has 4 unspecified atom stereocenters. The van der Waals surface area contributed by atoms with Crippen molar-refractivity contribution in [2.45, 2.75) is 116 Å². The Morgan fingerprint density at radius 3 is 1.77 bits per heavy atom. The Morgan fingerprint density at radius 1 is 0.717 bits per heavy atom. The van der Waals surface area contributed by atoms with E-state index in [0.29, 0.717) is 48.3 Å². The molecule has 0 spiro atoms. The van der Waals surface area contributed by atoms with Gasteiger partial charge in [-0.1, -0.05) is 20.8 Å². The van der Waals surface area contributed by atoms with Crippen molar-refractivity contribution in [2.75, 3.05) is 78.5 Å². The van der Waals surface area contributed by atoms with Gasteiger partial charge in [0.2, 0.25) is 5.91 Å². The van der Waals surface area contributed by atoms with E-state index in [9.17, 15) is 54.6 Å². The monoisotopic (exact) mass is 901 g/mol. The van der Waals surface area contributed by atoms with Crippen LogP contribution in [0.1, 0.15) is 97.8 Å². The summed E-state index contributed by atoms with van der Waals surface area (Å²) in [4.78, 5) is 66.6. The zero-order valence-electron chi connectivity index (χ0n) is 36.1. The summed E-state index contributed by atoms with van der Waals surface area (Å²) in [5, 5.41) is 69.7. The minimum atomic E-state index is -1.32. The molecule has 0 aromatic rings. The third-order valence-electron chi connectivity index (χ3n) is 15.9. The first-order valence-corrected chi connectivity index (χ1v) is 22.3. The molecule has 0 bridgehead atoms. The van der Waals surface area contributed by atoms with Gasteiger partial charge in [0.15, 0.2) is 0 Å². The summed E-state index contributed by atoms with van der Waals surface area (Å²) in [6, 6.07) is -0.980. The maximum absolute atomic E-state index is 13.1. The van der Waals surface area contributed by atoms with Crippen molar-refractivity contribution in [1.82, 2.24) is 24.9 Å². The standard InChI is InChI=1S/C43H73N5O11.Ga/c1-28(31-7-8-32-40-33(11-13-43(31,32)3)42(2)12-10-30(49)23-29(42)24-35(40)50)6-9-36(51)44-14-4-5-34(41(58)59)48-21-19-46(26-38(54)55)17-15-45(25-37(52)53)16-18-47(20-22-48)27-39(56)57;/h28-35,40,49-50H,4-27H2,1-3H3,(H,44,51)(H,52,53)(H,54,55)(H,56,57)(H,58,59);/q;+3/p-3/t28-,29-,30?,31-,32?,33-,34?,35?,40-,42-,43+;/m1./s1. The molecule has 4 aliphatic carbocycles. The van der Waals surface area contributed by atoms with Crippen molar-refractivity contribution in [3.05, 3.63) is 0 Å². The average molecular weight is 903 g/mol. The van der Waals surface area contributed by atoms with Gasteiger partial charge in [0, 0.05) is 85.0 Å². The molecule has 17 heteroatoms. The van der Waals surface area contributed by atoms with Crippen LogP contribution in [0.5, 0.6) is 0 Å². The van der Waals surface area contributed by atoms with E-state index in [4.69, 9.17) is 0 Å². The minimum absolute atomic E-state index is 0. The van der Waals surface area contributed by atoms with Crippen LogP contribution >= 0.6 is 0 Å². The van der Waals surface area contributed by atoms with E-state index in [1.54, 1.807) is 19.6 Å². The molecule has 4 saturated carbocycles. The second kappa shape index (κ2) is 22.4. The first-order chi connectivity index (χ1) is 27.9. The molecule has 1 saturated heterocycles. The Morgan fingerprint density at radius 2 is 1.23 bits per heavy atom. The maximum atomic E-state index is 13.1. The van der Waals surface area contributed by atoms with Gasteiger partial charge in [-0.05, 0) is 117 Å². The van der Waals surface area contributed by atoms with Crippen molar-refractivity contribution in [3.63, 3.8) is 0 Å². The summed E-state index contributed by atoms with van der Waals surface area (Å²) < 4.78 is 0. The maximum Gasteiger partial charge on any atom is 3.00 e. The number of amides is 1. The summed E-state index contributed by atoms with van der Waals surface area (Å²) >= 11 is 0. The first kappa shape index (κ1) is 50.4. The van der Waals surface area contributed by atoms with Crippen LogP contribution in [0.25, 0.3) is 0 Å². The number of carboxylic acids is 4. The van der Waals surface area contributed by atoms with Crippen molar-refractivity contribution < 1.29 is 54.6 Å². The van der Waals surface area contributed by atoms with E-state index < -0.39 is 49.6 Å². The molecule has 5 fully saturated rings. The van der Waals surface area contributed by atoms with Gasteiger partial charge in [-0.2, -0.15) is 0 Å². The number of carbonyl (C=O) groups excluding carboxylic acids is 4. The summed E-state index contributed by atoms with van der Waals surface area (Å²) in [6.07, 6.45) is 9.03. The molecular formula is C43H70GaN5O11. The number of aliphatic hydroxyl groups is 2. The molecule has 60 heavy (non-hydrogen) atoms. The number of rotatable bonds is 16. The topological polar surface area (TPSA) is 240 Å². The number of carbonyl (C=O) groups is 5. The molecular weight excluding hydrogens is 832 g/mol. The zero-order valence-corrected chi connectivity index (χ0v) is 38.6. The number of hydrogen-bond donors (Lipinski definition) is 4. The van der Waals surface area contributed by atoms with Crippen LogP contribution in [-0.2, 0) is 24.0 Å². The first-order valence-electron chi connectivity index (χ1n) is 22.3. The number of hydrogen-bond acceptors (Lipinski definition) is 14. The number of carboxylic acid groups (broad SMARTS) is 4. The molecule has 1 heterocycles. The van der Waals surface area contributed by atoms with Crippen LogP contribution in [0.3, 0.4) is 0 Å². The van der Waals surface area contributed by atoms with Crippen LogP contribution in [-0.4, -0.2) is 181 Å². The average Bonchev–Trinajstić information content (AvgIpc) is 3.51. The Balaban J connectivity index is 0.00000794. The van der Waals surface area contributed by atoms with Gasteiger partial charge < -0.3 is 50.3 Å². The molecule has 5 aliphatic rings. The zero-order chi connectivity index (χ0) is 43.1. The molecule has 11 atom stereocenters. The number of aliphatic carboxylic acids is 4. The molecule has 0 aromatic carbocycles. The van der Waals surface area contributed by atoms with Gasteiger partial charge >= 0.3 is 25.8 Å². The summed E-state index contributed by atoms with van der Waals surface area (Å²) in [5.74, 6) is -2.71. The number of aliphatic hydroxyl groups excluding tert-OH is 2. The van der Waals surface area contributed by atoms with Gasteiger partial charge in [0.25, 0.3) is 0 Å². The van der Waals surface area contributed by atoms with Crippen molar-refractivity contribution in [2.24, 2.45) is 46.3 Å². The summed E-state index contributed by atoms with van der Waals surface area (Å²) in [7, 11) is 0. The Labute approximate surface area is 368 Å². The normalized spacial score (nSPS) is 34.6. The molecule has 1 aliphatic heterocycles. The van der Waals surface area contributed by atoms with E-state index >= 15 is 0 Å². The van der Waals surface area contributed by atoms with E-state index in [1.807, 2.05) is 0 Å². The minimum Gasteiger partial charge on any atom is -0.549 e. The number of nitrogens with one attached hydrogen (secondary N) is 1. The summed E-state index contributed by atoms with van der Waals surface area (Å²) in [6.45, 7) is 7.40. The number of nitrogens with zero attached hydrogens (tertiary/aromatic N) is 4. The van der Waals surface area contributed by atoms with E-state index in [2.05, 4.69) is 26.1 Å². The van der Waals surface area contributed by atoms with Crippen LogP contribution in [0.15, 0.2) is 0 Å². The van der Waals surface area contributed by atoms with Crippen molar-refractivity contribution in [3.8, 4) is 0 Å². The Hall–Kier alpha value is -2.25. The van der Waals surface area contributed by atoms with Gasteiger partial charge in [-0.15, -0.1) is 0 Å². The predicted molar refractivity (Wildman–Crippen MR) is 216 cm³/mol. The van der Waals surface area contributed by atoms with Gasteiger partial charge in [-0.25, -0.2) is 0 Å². The van der Waals surface area contributed by atoms with Crippen LogP contribution in [0, 0.1) is 46.3 Å². The molecule has 0 radical (unpaired) electrons. The Kier molecular flexibility index (Phi) is 18.8.